The van der Waals surface area contributed by atoms with Crippen LogP contribution in [0, 0.1) is 11.6 Å². The number of anilines is 2. The van der Waals surface area contributed by atoms with Crippen molar-refractivity contribution in [2.45, 2.75) is 31.4 Å². The molecule has 4 heterocycles. The van der Waals surface area contributed by atoms with Crippen LogP contribution in [-0.4, -0.2) is 70.2 Å². The molecule has 0 saturated carbocycles. The van der Waals surface area contributed by atoms with Gasteiger partial charge >= 0.3 is 0 Å². The van der Waals surface area contributed by atoms with Crippen molar-refractivity contribution in [2.75, 3.05) is 37.3 Å². The highest BCUT2D eigenvalue weighted by Gasteiger charge is 2.41. The smallest absolute Gasteiger partial charge is 0.245 e. The van der Waals surface area contributed by atoms with Gasteiger partial charge in [0.1, 0.15) is 40.9 Å². The van der Waals surface area contributed by atoms with Crippen LogP contribution in [0.15, 0.2) is 84.2 Å². The Bertz CT molecular complexity index is 1960. The van der Waals surface area contributed by atoms with Gasteiger partial charge in [-0.25, -0.2) is 18.7 Å². The summed E-state index contributed by atoms with van der Waals surface area (Å²) in [7, 11) is 1.81. The van der Waals surface area contributed by atoms with Crippen LogP contribution in [0.4, 0.5) is 20.3 Å². The first-order chi connectivity index (χ1) is 22.4. The Labute approximate surface area is 265 Å². The van der Waals surface area contributed by atoms with Crippen LogP contribution in [0.5, 0.6) is 5.75 Å². The minimum Gasteiger partial charge on any atom is -0.488 e. The molecule has 9 nitrogen and oxygen atoms in total. The molecule has 7 rings (SSSR count). The molecule has 4 bridgehead atoms. The van der Waals surface area contributed by atoms with Crippen LogP contribution < -0.4 is 15.4 Å². The predicted molar refractivity (Wildman–Crippen MR) is 174 cm³/mol. The summed E-state index contributed by atoms with van der Waals surface area (Å²) in [4.78, 5) is 31.5. The van der Waals surface area contributed by atoms with Crippen LogP contribution in [0.1, 0.15) is 24.8 Å². The number of hydrogen-bond acceptors (Lipinski definition) is 7. The third-order valence-corrected chi connectivity index (χ3v) is 8.65. The number of imidazole rings is 1. The SMILES string of the molecule is CN1CCCCN=Cc2c(N)cccc2-c2cccc(c2)OC2CC(C1=O)N(c1nccn3c(-c4ccc(F)cc4F)ncc13)C2. The van der Waals surface area contributed by atoms with E-state index in [9.17, 15) is 13.6 Å². The van der Waals surface area contributed by atoms with Crippen molar-refractivity contribution < 1.29 is 18.3 Å². The second kappa shape index (κ2) is 12.2. The summed E-state index contributed by atoms with van der Waals surface area (Å²) in [5.74, 6) is 0.0903. The van der Waals surface area contributed by atoms with E-state index in [2.05, 4.69) is 15.0 Å². The van der Waals surface area contributed by atoms with Crippen molar-refractivity contribution in [1.82, 2.24) is 19.3 Å². The lowest BCUT2D eigenvalue weighted by Crippen LogP contribution is -2.45. The summed E-state index contributed by atoms with van der Waals surface area (Å²) in [6.45, 7) is 1.57. The summed E-state index contributed by atoms with van der Waals surface area (Å²) >= 11 is 0. The maximum Gasteiger partial charge on any atom is 0.245 e. The Balaban J connectivity index is 1.27. The first kappa shape index (κ1) is 29.4. The van der Waals surface area contributed by atoms with E-state index in [1.165, 1.54) is 12.1 Å². The molecule has 1 saturated heterocycles. The van der Waals surface area contributed by atoms with Crippen LogP contribution in [0.2, 0.25) is 0 Å². The molecule has 2 aliphatic rings. The minimum absolute atomic E-state index is 0.0408. The van der Waals surface area contributed by atoms with Gasteiger partial charge in [-0.2, -0.15) is 0 Å². The number of rotatable bonds is 2. The molecule has 0 radical (unpaired) electrons. The van der Waals surface area contributed by atoms with Gasteiger partial charge in [-0.3, -0.25) is 14.2 Å². The summed E-state index contributed by atoms with van der Waals surface area (Å²) in [6, 6.07) is 16.5. The number of aliphatic imine (C=N–C) groups is 1. The number of benzene rings is 3. The molecule has 2 unspecified atom stereocenters. The zero-order valence-electron chi connectivity index (χ0n) is 25.3. The van der Waals surface area contributed by atoms with E-state index in [-0.39, 0.29) is 17.6 Å². The highest BCUT2D eigenvalue weighted by atomic mass is 19.1. The maximum atomic E-state index is 14.8. The molecule has 5 aromatic rings. The molecule has 0 spiro atoms. The fourth-order valence-electron chi connectivity index (χ4n) is 6.34. The maximum absolute atomic E-state index is 14.8. The lowest BCUT2D eigenvalue weighted by Gasteiger charge is -2.28. The van der Waals surface area contributed by atoms with Crippen molar-refractivity contribution in [3.8, 4) is 28.3 Å². The van der Waals surface area contributed by atoms with Gasteiger partial charge in [-0.05, 0) is 54.3 Å². The Morgan fingerprint density at radius 2 is 1.87 bits per heavy atom. The minimum atomic E-state index is -0.715. The lowest BCUT2D eigenvalue weighted by atomic mass is 9.98. The van der Waals surface area contributed by atoms with Gasteiger partial charge in [0.25, 0.3) is 0 Å². The van der Waals surface area contributed by atoms with E-state index < -0.39 is 17.7 Å². The van der Waals surface area contributed by atoms with E-state index in [0.717, 1.165) is 35.6 Å². The molecule has 3 aromatic carbocycles. The van der Waals surface area contributed by atoms with Gasteiger partial charge in [0.15, 0.2) is 5.82 Å². The number of likely N-dealkylation sites (N-methyl/N-ethyl adjacent to an activating group) is 1. The van der Waals surface area contributed by atoms with E-state index in [0.29, 0.717) is 54.7 Å². The zero-order valence-corrected chi connectivity index (χ0v) is 25.3. The third-order valence-electron chi connectivity index (χ3n) is 8.65. The fourth-order valence-corrected chi connectivity index (χ4v) is 6.34. The van der Waals surface area contributed by atoms with Gasteiger partial charge in [-0.1, -0.05) is 24.3 Å². The van der Waals surface area contributed by atoms with E-state index >= 15 is 0 Å². The van der Waals surface area contributed by atoms with Crippen LogP contribution >= 0.6 is 0 Å². The molecule has 2 N–H and O–H groups in total. The third kappa shape index (κ3) is 5.53. The van der Waals surface area contributed by atoms with Crippen molar-refractivity contribution in [1.29, 1.82) is 0 Å². The van der Waals surface area contributed by atoms with Gasteiger partial charge in [0.2, 0.25) is 5.91 Å². The Morgan fingerprint density at radius 3 is 2.74 bits per heavy atom. The average Bonchev–Trinajstić information content (AvgIpc) is 3.67. The van der Waals surface area contributed by atoms with E-state index in [4.69, 9.17) is 10.5 Å². The van der Waals surface area contributed by atoms with Gasteiger partial charge in [0.05, 0.1) is 18.3 Å². The molecule has 46 heavy (non-hydrogen) atoms. The highest BCUT2D eigenvalue weighted by molar-refractivity contribution is 5.96. The molecule has 2 atom stereocenters. The molecule has 2 aliphatic heterocycles. The molecule has 234 valence electrons. The average molecular weight is 622 g/mol. The number of nitrogen functional groups attached to an aromatic ring is 1. The molecule has 1 amide bonds. The number of halogens is 2. The van der Waals surface area contributed by atoms with Gasteiger partial charge in [0, 0.05) is 62.5 Å². The zero-order chi connectivity index (χ0) is 31.8. The van der Waals surface area contributed by atoms with Gasteiger partial charge < -0.3 is 20.3 Å². The monoisotopic (exact) mass is 621 g/mol. The lowest BCUT2D eigenvalue weighted by molar-refractivity contribution is -0.131. The van der Waals surface area contributed by atoms with Crippen LogP contribution in [0.3, 0.4) is 0 Å². The highest BCUT2D eigenvalue weighted by Crippen LogP contribution is 2.35. The van der Waals surface area contributed by atoms with Crippen LogP contribution in [-0.2, 0) is 4.79 Å². The summed E-state index contributed by atoms with van der Waals surface area (Å²) in [6.07, 6.45) is 8.43. The summed E-state index contributed by atoms with van der Waals surface area (Å²) < 4.78 is 36.7. The predicted octanol–water partition coefficient (Wildman–Crippen LogP) is 5.62. The number of hydrogen-bond donors (Lipinski definition) is 1. The second-order valence-electron chi connectivity index (χ2n) is 11.7. The first-order valence-corrected chi connectivity index (χ1v) is 15.3. The molecule has 2 aromatic heterocycles. The first-order valence-electron chi connectivity index (χ1n) is 15.3. The van der Waals surface area contributed by atoms with Crippen LogP contribution in [0.25, 0.3) is 28.0 Å². The number of amides is 1. The number of aromatic nitrogens is 3. The molecule has 1 fully saturated rings. The summed E-state index contributed by atoms with van der Waals surface area (Å²) in [5.41, 5.74) is 10.6. The van der Waals surface area contributed by atoms with Crippen molar-refractivity contribution >= 4 is 29.1 Å². The number of carbonyl (C=O) groups is 1. The fraction of sp³-hybridized carbons (Fsp3) is 0.257. The van der Waals surface area contributed by atoms with Crippen molar-refractivity contribution in [3.05, 3.63) is 96.5 Å². The molecule has 11 heteroatoms. The Morgan fingerprint density at radius 1 is 1.00 bits per heavy atom. The number of ether oxygens (including phenoxy) is 1. The standard InChI is InChI=1S/C35H33F2N7O2/c1-42-14-3-2-12-39-19-28-26(8-5-9-30(28)38)22-6-4-7-24(16-22)46-25-18-31(35(42)45)44(21-25)34-32-20-41-33(43(32)15-13-40-34)27-11-10-23(36)17-29(27)37/h4-11,13,15-17,19-20,25,31H,2-3,12,14,18,21,38H2,1H3. The number of nitrogens with zero attached hydrogens (tertiary/aromatic N) is 6. The molecular weight excluding hydrogens is 588 g/mol. The molecule has 0 aliphatic carbocycles. The van der Waals surface area contributed by atoms with E-state index in [1.807, 2.05) is 60.6 Å². The van der Waals surface area contributed by atoms with Gasteiger partial charge in [-0.15, -0.1) is 0 Å². The quantitative estimate of drug-likeness (QED) is 0.257. The second-order valence-corrected chi connectivity index (χ2v) is 11.7. The summed E-state index contributed by atoms with van der Waals surface area (Å²) in [5, 5.41) is 0. The van der Waals surface area contributed by atoms with Crippen molar-refractivity contribution in [2.24, 2.45) is 4.99 Å². The normalized spacial score (nSPS) is 18.8. The Hall–Kier alpha value is -5.32. The van der Waals surface area contributed by atoms with E-state index in [1.54, 1.807) is 27.9 Å². The number of fused-ring (bicyclic) bond motifs is 7. The largest absolute Gasteiger partial charge is 0.488 e. The number of carbonyl (C=O) groups excluding carboxylic acids is 1. The molecular formula is C35H33F2N7O2. The topological polar surface area (TPSA) is 101 Å². The Kier molecular flexibility index (Phi) is 7.81. The van der Waals surface area contributed by atoms with Crippen molar-refractivity contribution in [3.63, 3.8) is 0 Å². The number of nitrogens with two attached hydrogens (primary N) is 1.